The van der Waals surface area contributed by atoms with E-state index < -0.39 is 5.97 Å². The van der Waals surface area contributed by atoms with Crippen molar-refractivity contribution in [2.45, 2.75) is 0 Å². The molecule has 11 heavy (non-hydrogen) atoms. The van der Waals surface area contributed by atoms with Crippen LogP contribution in [-0.4, -0.2) is 22.8 Å². The quantitative estimate of drug-likeness (QED) is 0.601. The maximum absolute atomic E-state index is 10.9. The summed E-state index contributed by atoms with van der Waals surface area (Å²) in [5.41, 5.74) is 0.338. The molecule has 0 aromatic carbocycles. The number of aryl methyl sites for hydroxylation is 1. The van der Waals surface area contributed by atoms with Crippen LogP contribution >= 0.6 is 0 Å². The van der Waals surface area contributed by atoms with Crippen LogP contribution in [0.3, 0.4) is 0 Å². The van der Waals surface area contributed by atoms with Gasteiger partial charge in [-0.05, 0) is 0 Å². The zero-order valence-electron chi connectivity index (χ0n) is 6.37. The number of aromatic hydroxyl groups is 1. The molecule has 4 heteroatoms. The van der Waals surface area contributed by atoms with Crippen molar-refractivity contribution in [3.05, 3.63) is 18.0 Å². The third-order valence-corrected chi connectivity index (χ3v) is 1.39. The number of hydrogen-bond donors (Lipinski definition) is 1. The molecular formula is C7H9NO3. The van der Waals surface area contributed by atoms with Gasteiger partial charge in [0.25, 0.3) is 0 Å². The lowest BCUT2D eigenvalue weighted by molar-refractivity contribution is 0.0590. The highest BCUT2D eigenvalue weighted by atomic mass is 16.5. The maximum atomic E-state index is 10.9. The number of esters is 1. The van der Waals surface area contributed by atoms with Crippen LogP contribution in [0.1, 0.15) is 10.5 Å². The Morgan fingerprint density at radius 1 is 1.73 bits per heavy atom. The van der Waals surface area contributed by atoms with Gasteiger partial charge in [-0.15, -0.1) is 0 Å². The van der Waals surface area contributed by atoms with Gasteiger partial charge < -0.3 is 14.4 Å². The van der Waals surface area contributed by atoms with Crippen LogP contribution in [0.15, 0.2) is 12.3 Å². The molecule has 0 saturated heterocycles. The first kappa shape index (κ1) is 7.65. The SMILES string of the molecule is COC(=O)c1cc(O)cn1C. The molecule has 0 spiro atoms. The minimum absolute atomic E-state index is 0.0629. The van der Waals surface area contributed by atoms with Crippen LogP contribution in [-0.2, 0) is 11.8 Å². The summed E-state index contributed by atoms with van der Waals surface area (Å²) >= 11 is 0. The van der Waals surface area contributed by atoms with Crippen molar-refractivity contribution in [2.75, 3.05) is 7.11 Å². The fourth-order valence-electron chi connectivity index (χ4n) is 0.855. The Morgan fingerprint density at radius 2 is 2.36 bits per heavy atom. The number of rotatable bonds is 1. The fraction of sp³-hybridized carbons (Fsp3) is 0.286. The first-order chi connectivity index (χ1) is 5.15. The van der Waals surface area contributed by atoms with E-state index in [1.165, 1.54) is 23.9 Å². The molecule has 4 nitrogen and oxygen atoms in total. The molecule has 0 bridgehead atoms. The summed E-state index contributed by atoms with van der Waals surface area (Å²) in [6, 6.07) is 1.35. The molecule has 0 aliphatic carbocycles. The summed E-state index contributed by atoms with van der Waals surface area (Å²) in [6.07, 6.45) is 1.44. The molecular weight excluding hydrogens is 146 g/mol. The van der Waals surface area contributed by atoms with Crippen molar-refractivity contribution in [3.8, 4) is 5.75 Å². The first-order valence-electron chi connectivity index (χ1n) is 3.09. The van der Waals surface area contributed by atoms with Crippen LogP contribution in [0.2, 0.25) is 0 Å². The highest BCUT2D eigenvalue weighted by Gasteiger charge is 2.10. The van der Waals surface area contributed by atoms with E-state index in [0.717, 1.165) is 0 Å². The molecule has 0 amide bonds. The van der Waals surface area contributed by atoms with Gasteiger partial charge in [-0.25, -0.2) is 4.79 Å². The molecule has 60 valence electrons. The Balaban J connectivity index is 3.03. The number of carbonyl (C=O) groups excluding carboxylic acids is 1. The van der Waals surface area contributed by atoms with Gasteiger partial charge in [-0.1, -0.05) is 0 Å². The van der Waals surface area contributed by atoms with Crippen LogP contribution < -0.4 is 0 Å². The summed E-state index contributed by atoms with van der Waals surface area (Å²) in [6.45, 7) is 0. The van der Waals surface area contributed by atoms with E-state index in [-0.39, 0.29) is 5.75 Å². The van der Waals surface area contributed by atoms with Crippen molar-refractivity contribution >= 4 is 5.97 Å². The molecule has 1 heterocycles. The monoisotopic (exact) mass is 155 g/mol. The topological polar surface area (TPSA) is 51.5 Å². The summed E-state index contributed by atoms with van der Waals surface area (Å²) < 4.78 is 5.96. The number of ether oxygens (including phenoxy) is 1. The summed E-state index contributed by atoms with van der Waals surface area (Å²) in [4.78, 5) is 10.9. The minimum atomic E-state index is -0.451. The van der Waals surface area contributed by atoms with Crippen molar-refractivity contribution in [1.29, 1.82) is 0 Å². The summed E-state index contributed by atoms with van der Waals surface area (Å²) in [5, 5.41) is 8.95. The van der Waals surface area contributed by atoms with Crippen LogP contribution in [0.5, 0.6) is 5.75 Å². The second-order valence-electron chi connectivity index (χ2n) is 2.19. The molecule has 0 atom stereocenters. The molecule has 0 aliphatic rings. The maximum Gasteiger partial charge on any atom is 0.354 e. The third kappa shape index (κ3) is 1.34. The lowest BCUT2D eigenvalue weighted by Gasteiger charge is -1.97. The van der Waals surface area contributed by atoms with Gasteiger partial charge in [0.05, 0.1) is 7.11 Å². The Labute approximate surface area is 64.0 Å². The van der Waals surface area contributed by atoms with Crippen molar-refractivity contribution in [3.63, 3.8) is 0 Å². The zero-order chi connectivity index (χ0) is 8.43. The average molecular weight is 155 g/mol. The Bertz CT molecular complexity index is 277. The van der Waals surface area contributed by atoms with Crippen molar-refractivity contribution in [1.82, 2.24) is 4.57 Å². The smallest absolute Gasteiger partial charge is 0.354 e. The van der Waals surface area contributed by atoms with Gasteiger partial charge in [0.2, 0.25) is 0 Å². The lowest BCUT2D eigenvalue weighted by Crippen LogP contribution is -2.06. The van der Waals surface area contributed by atoms with E-state index in [0.29, 0.717) is 5.69 Å². The van der Waals surface area contributed by atoms with Crippen LogP contribution in [0.25, 0.3) is 0 Å². The second kappa shape index (κ2) is 2.65. The highest BCUT2D eigenvalue weighted by Crippen LogP contribution is 2.13. The molecule has 1 rings (SSSR count). The van der Waals surface area contributed by atoms with Gasteiger partial charge in [0.15, 0.2) is 0 Å². The van der Waals surface area contributed by atoms with Gasteiger partial charge in [-0.3, -0.25) is 0 Å². The van der Waals surface area contributed by atoms with E-state index in [1.807, 2.05) is 0 Å². The van der Waals surface area contributed by atoms with E-state index >= 15 is 0 Å². The fourth-order valence-corrected chi connectivity index (χ4v) is 0.855. The molecule has 1 aromatic heterocycles. The molecule has 1 N–H and O–H groups in total. The average Bonchev–Trinajstić information content (AvgIpc) is 2.28. The van der Waals surface area contributed by atoms with Gasteiger partial charge in [0.1, 0.15) is 11.4 Å². The Hall–Kier alpha value is -1.45. The molecule has 0 radical (unpaired) electrons. The number of carbonyl (C=O) groups is 1. The van der Waals surface area contributed by atoms with Gasteiger partial charge in [0, 0.05) is 19.3 Å². The number of nitrogens with zero attached hydrogens (tertiary/aromatic N) is 1. The normalized spacial score (nSPS) is 9.64. The number of methoxy groups -OCH3 is 1. The lowest BCUT2D eigenvalue weighted by atomic mass is 10.4. The molecule has 1 aromatic rings. The first-order valence-corrected chi connectivity index (χ1v) is 3.09. The summed E-state index contributed by atoms with van der Waals surface area (Å²) in [7, 11) is 2.96. The van der Waals surface area contributed by atoms with E-state index in [4.69, 9.17) is 5.11 Å². The Morgan fingerprint density at radius 3 is 2.73 bits per heavy atom. The molecule has 0 aliphatic heterocycles. The van der Waals surface area contributed by atoms with Gasteiger partial charge in [-0.2, -0.15) is 0 Å². The molecule has 0 fully saturated rings. The number of aromatic nitrogens is 1. The van der Waals surface area contributed by atoms with E-state index in [1.54, 1.807) is 7.05 Å². The predicted octanol–water partition coefficient (Wildman–Crippen LogP) is 0.517. The zero-order valence-corrected chi connectivity index (χ0v) is 6.37. The van der Waals surface area contributed by atoms with Crippen LogP contribution in [0, 0.1) is 0 Å². The molecule has 0 saturated carbocycles. The standard InChI is InChI=1S/C7H9NO3/c1-8-4-5(9)3-6(8)7(10)11-2/h3-4,9H,1-2H3. The van der Waals surface area contributed by atoms with E-state index in [9.17, 15) is 4.79 Å². The Kier molecular flexibility index (Phi) is 1.85. The third-order valence-electron chi connectivity index (χ3n) is 1.39. The predicted molar refractivity (Wildman–Crippen MR) is 38.4 cm³/mol. The minimum Gasteiger partial charge on any atom is -0.506 e. The number of hydrogen-bond acceptors (Lipinski definition) is 3. The summed E-state index contributed by atoms with van der Waals surface area (Å²) in [5.74, 6) is -0.388. The molecule has 0 unspecified atom stereocenters. The highest BCUT2D eigenvalue weighted by molar-refractivity contribution is 5.88. The second-order valence-corrected chi connectivity index (χ2v) is 2.19. The van der Waals surface area contributed by atoms with Crippen LogP contribution in [0.4, 0.5) is 0 Å². The van der Waals surface area contributed by atoms with E-state index in [2.05, 4.69) is 4.74 Å². The largest absolute Gasteiger partial charge is 0.506 e. The van der Waals surface area contributed by atoms with Crippen molar-refractivity contribution < 1.29 is 14.6 Å². The van der Waals surface area contributed by atoms with Gasteiger partial charge >= 0.3 is 5.97 Å². The van der Waals surface area contributed by atoms with Crippen molar-refractivity contribution in [2.24, 2.45) is 7.05 Å².